The van der Waals surface area contributed by atoms with E-state index in [-0.39, 0.29) is 17.9 Å². The summed E-state index contributed by atoms with van der Waals surface area (Å²) in [5.74, 6) is 0.436. The molecule has 3 rings (SSSR count). The van der Waals surface area contributed by atoms with Crippen LogP contribution in [0.25, 0.3) is 0 Å². The molecule has 120 valence electrons. The van der Waals surface area contributed by atoms with Crippen molar-refractivity contribution in [1.82, 2.24) is 4.90 Å². The van der Waals surface area contributed by atoms with Gasteiger partial charge in [-0.05, 0) is 12.5 Å². The summed E-state index contributed by atoms with van der Waals surface area (Å²) in [7, 11) is 0. The van der Waals surface area contributed by atoms with E-state index in [0.29, 0.717) is 30.9 Å². The van der Waals surface area contributed by atoms with E-state index < -0.39 is 12.7 Å². The fourth-order valence-electron chi connectivity index (χ4n) is 3.06. The van der Waals surface area contributed by atoms with E-state index in [9.17, 15) is 13.6 Å². The monoisotopic (exact) mass is 311 g/mol. The summed E-state index contributed by atoms with van der Waals surface area (Å²) < 4.78 is 34.7. The van der Waals surface area contributed by atoms with Crippen molar-refractivity contribution in [2.24, 2.45) is 0 Å². The Labute approximate surface area is 128 Å². The molecule has 2 aliphatic rings. The molecule has 2 heterocycles. The van der Waals surface area contributed by atoms with Crippen LogP contribution >= 0.6 is 0 Å². The second-order valence-electron chi connectivity index (χ2n) is 6.41. The number of amides is 1. The van der Waals surface area contributed by atoms with Gasteiger partial charge in [-0.3, -0.25) is 4.79 Å². The summed E-state index contributed by atoms with van der Waals surface area (Å²) in [6.45, 7) is 2.47. The minimum atomic E-state index is -2.80. The van der Waals surface area contributed by atoms with Crippen molar-refractivity contribution in [1.29, 1.82) is 0 Å². The van der Waals surface area contributed by atoms with Gasteiger partial charge in [0.15, 0.2) is 0 Å². The van der Waals surface area contributed by atoms with Gasteiger partial charge in [-0.1, -0.05) is 26.0 Å². The van der Waals surface area contributed by atoms with Crippen molar-refractivity contribution in [3.63, 3.8) is 0 Å². The summed E-state index contributed by atoms with van der Waals surface area (Å²) in [6.07, 6.45) is -0.171. The van der Waals surface area contributed by atoms with Crippen LogP contribution in [0.15, 0.2) is 18.2 Å². The van der Waals surface area contributed by atoms with Crippen LogP contribution < -0.4 is 4.74 Å². The third-order valence-corrected chi connectivity index (χ3v) is 4.28. The van der Waals surface area contributed by atoms with Gasteiger partial charge < -0.3 is 14.4 Å². The van der Waals surface area contributed by atoms with Gasteiger partial charge in [0.05, 0.1) is 18.3 Å². The SMILES string of the molecule is CC1(C)COc2c(C(=O)N3CC[C@H](OC(F)F)C3)cccc21. The molecule has 0 unspecified atom stereocenters. The van der Waals surface area contributed by atoms with Crippen LogP contribution in [0.2, 0.25) is 0 Å². The summed E-state index contributed by atoms with van der Waals surface area (Å²) in [4.78, 5) is 14.2. The zero-order chi connectivity index (χ0) is 15.9. The van der Waals surface area contributed by atoms with Crippen LogP contribution in [-0.2, 0) is 10.2 Å². The number of alkyl halides is 2. The standard InChI is InChI=1S/C16H19F2NO3/c1-16(2)9-21-13-11(4-3-5-12(13)16)14(20)19-7-6-10(8-19)22-15(17)18/h3-5,10,15H,6-9H2,1-2H3/t10-/m0/s1. The molecule has 1 saturated heterocycles. The van der Waals surface area contributed by atoms with E-state index in [1.54, 1.807) is 11.0 Å². The maximum Gasteiger partial charge on any atom is 0.345 e. The Kier molecular flexibility index (Phi) is 3.80. The molecule has 0 spiro atoms. The molecule has 0 aromatic heterocycles. The second kappa shape index (κ2) is 5.50. The number of benzene rings is 1. The summed E-state index contributed by atoms with van der Waals surface area (Å²) >= 11 is 0. The molecule has 0 bridgehead atoms. The normalized spacial score (nSPS) is 22.8. The lowest BCUT2D eigenvalue weighted by molar-refractivity contribution is -0.158. The average molecular weight is 311 g/mol. The van der Waals surface area contributed by atoms with Gasteiger partial charge in [-0.15, -0.1) is 0 Å². The molecule has 1 fully saturated rings. The number of para-hydroxylation sites is 1. The number of hydrogen-bond acceptors (Lipinski definition) is 3. The van der Waals surface area contributed by atoms with Crippen LogP contribution in [0.3, 0.4) is 0 Å². The van der Waals surface area contributed by atoms with Crippen LogP contribution in [0.1, 0.15) is 36.2 Å². The summed E-state index contributed by atoms with van der Waals surface area (Å²) in [5.41, 5.74) is 1.39. The van der Waals surface area contributed by atoms with Gasteiger partial charge in [-0.25, -0.2) is 0 Å². The van der Waals surface area contributed by atoms with Gasteiger partial charge in [-0.2, -0.15) is 8.78 Å². The molecule has 0 N–H and O–H groups in total. The van der Waals surface area contributed by atoms with E-state index in [0.717, 1.165) is 5.56 Å². The maximum atomic E-state index is 12.7. The first kappa shape index (κ1) is 15.2. The van der Waals surface area contributed by atoms with Crippen LogP contribution in [0.4, 0.5) is 8.78 Å². The van der Waals surface area contributed by atoms with Crippen molar-refractivity contribution in [3.8, 4) is 5.75 Å². The molecule has 0 radical (unpaired) electrons. The predicted octanol–water partition coefficient (Wildman–Crippen LogP) is 2.81. The zero-order valence-electron chi connectivity index (χ0n) is 12.6. The Morgan fingerprint density at radius 1 is 1.45 bits per heavy atom. The number of fused-ring (bicyclic) bond motifs is 1. The van der Waals surface area contributed by atoms with E-state index in [4.69, 9.17) is 4.74 Å². The number of likely N-dealkylation sites (tertiary alicyclic amines) is 1. The van der Waals surface area contributed by atoms with Gasteiger partial charge in [0.25, 0.3) is 5.91 Å². The molecular weight excluding hydrogens is 292 g/mol. The quantitative estimate of drug-likeness (QED) is 0.861. The number of hydrogen-bond donors (Lipinski definition) is 0. The third-order valence-electron chi connectivity index (χ3n) is 4.28. The van der Waals surface area contributed by atoms with Crippen molar-refractivity contribution in [2.45, 2.75) is 38.4 Å². The lowest BCUT2D eigenvalue weighted by Gasteiger charge is -2.19. The third kappa shape index (κ3) is 2.67. The zero-order valence-corrected chi connectivity index (χ0v) is 12.6. The van der Waals surface area contributed by atoms with E-state index in [1.807, 2.05) is 12.1 Å². The Morgan fingerprint density at radius 3 is 2.95 bits per heavy atom. The molecule has 0 aliphatic carbocycles. The smallest absolute Gasteiger partial charge is 0.345 e. The Morgan fingerprint density at radius 2 is 2.23 bits per heavy atom. The van der Waals surface area contributed by atoms with Crippen molar-refractivity contribution < 1.29 is 23.0 Å². The van der Waals surface area contributed by atoms with E-state index in [1.165, 1.54) is 0 Å². The number of rotatable bonds is 3. The fourth-order valence-corrected chi connectivity index (χ4v) is 3.06. The number of ether oxygens (including phenoxy) is 2. The Hall–Kier alpha value is -1.69. The number of nitrogens with zero attached hydrogens (tertiary/aromatic N) is 1. The molecule has 0 saturated carbocycles. The van der Waals surface area contributed by atoms with Crippen LogP contribution in [-0.4, -0.2) is 43.2 Å². The van der Waals surface area contributed by atoms with Gasteiger partial charge in [0.1, 0.15) is 5.75 Å². The molecule has 4 nitrogen and oxygen atoms in total. The van der Waals surface area contributed by atoms with E-state index >= 15 is 0 Å². The highest BCUT2D eigenvalue weighted by molar-refractivity contribution is 5.98. The topological polar surface area (TPSA) is 38.8 Å². The first-order valence-corrected chi connectivity index (χ1v) is 7.37. The van der Waals surface area contributed by atoms with Crippen LogP contribution in [0, 0.1) is 0 Å². The minimum Gasteiger partial charge on any atom is -0.492 e. The van der Waals surface area contributed by atoms with Gasteiger partial charge in [0, 0.05) is 24.1 Å². The van der Waals surface area contributed by atoms with Crippen molar-refractivity contribution in [3.05, 3.63) is 29.3 Å². The highest BCUT2D eigenvalue weighted by atomic mass is 19.3. The second-order valence-corrected chi connectivity index (χ2v) is 6.41. The van der Waals surface area contributed by atoms with Gasteiger partial charge >= 0.3 is 6.61 Å². The van der Waals surface area contributed by atoms with Gasteiger partial charge in [0.2, 0.25) is 0 Å². The van der Waals surface area contributed by atoms with Crippen molar-refractivity contribution in [2.75, 3.05) is 19.7 Å². The molecule has 2 aliphatic heterocycles. The molecule has 1 atom stereocenters. The predicted molar refractivity (Wildman–Crippen MR) is 76.4 cm³/mol. The Bertz CT molecular complexity index is 589. The highest BCUT2D eigenvalue weighted by Gasteiger charge is 2.37. The van der Waals surface area contributed by atoms with Crippen LogP contribution in [0.5, 0.6) is 5.75 Å². The lowest BCUT2D eigenvalue weighted by atomic mass is 9.86. The lowest BCUT2D eigenvalue weighted by Crippen LogP contribution is -2.30. The molecule has 1 aromatic carbocycles. The molecule has 1 amide bonds. The first-order valence-electron chi connectivity index (χ1n) is 7.37. The molecule has 22 heavy (non-hydrogen) atoms. The number of carbonyl (C=O) groups is 1. The van der Waals surface area contributed by atoms with E-state index in [2.05, 4.69) is 18.6 Å². The summed E-state index contributed by atoms with van der Waals surface area (Å²) in [6, 6.07) is 5.53. The number of carbonyl (C=O) groups excluding carboxylic acids is 1. The average Bonchev–Trinajstić information content (AvgIpc) is 3.03. The minimum absolute atomic E-state index is 0.127. The maximum absolute atomic E-state index is 12.7. The fraction of sp³-hybridized carbons (Fsp3) is 0.562. The Balaban J connectivity index is 1.79. The number of halogens is 2. The highest BCUT2D eigenvalue weighted by Crippen LogP contribution is 2.41. The summed E-state index contributed by atoms with van der Waals surface area (Å²) in [5, 5.41) is 0. The molecule has 1 aromatic rings. The first-order chi connectivity index (χ1) is 10.4. The molecular formula is C16H19F2NO3. The molecule has 6 heteroatoms. The van der Waals surface area contributed by atoms with Crippen molar-refractivity contribution >= 4 is 5.91 Å². The largest absolute Gasteiger partial charge is 0.492 e.